The van der Waals surface area contributed by atoms with Gasteiger partial charge in [-0.25, -0.2) is 18.5 Å². The largest absolute Gasteiger partial charge is 0.340 e. The summed E-state index contributed by atoms with van der Waals surface area (Å²) in [6, 6.07) is 16.1. The number of nitrogens with two attached hydrogens (primary N) is 1. The molecule has 106 valence electrons. The molecule has 0 saturated carbocycles. The van der Waals surface area contributed by atoms with E-state index in [9.17, 15) is 8.42 Å². The minimum absolute atomic E-state index is 0.0823. The average molecular weight is 299 g/mol. The zero-order valence-electron chi connectivity index (χ0n) is 11.0. The first-order valence-corrected chi connectivity index (χ1v) is 7.82. The number of fused-ring (bicyclic) bond motifs is 1. The van der Waals surface area contributed by atoms with Crippen molar-refractivity contribution in [3.8, 4) is 0 Å². The van der Waals surface area contributed by atoms with E-state index in [1.54, 1.807) is 18.3 Å². The van der Waals surface area contributed by atoms with E-state index in [-0.39, 0.29) is 4.90 Å². The van der Waals surface area contributed by atoms with E-state index in [2.05, 4.69) is 10.3 Å². The van der Waals surface area contributed by atoms with E-state index in [4.69, 9.17) is 5.14 Å². The monoisotopic (exact) mass is 299 g/mol. The SMILES string of the molecule is NS(=O)(=O)c1ccc(Nc2nccc3ccccc23)cc1. The molecule has 0 spiro atoms. The third-order valence-corrected chi connectivity index (χ3v) is 4.05. The fraction of sp³-hybridized carbons (Fsp3) is 0. The van der Waals surface area contributed by atoms with Gasteiger partial charge in [-0.2, -0.15) is 0 Å². The number of aromatic nitrogens is 1. The summed E-state index contributed by atoms with van der Waals surface area (Å²) in [7, 11) is -3.67. The van der Waals surface area contributed by atoms with Gasteiger partial charge in [0.1, 0.15) is 5.82 Å². The molecule has 0 atom stereocenters. The van der Waals surface area contributed by atoms with Gasteiger partial charge in [-0.1, -0.05) is 24.3 Å². The van der Waals surface area contributed by atoms with Crippen LogP contribution >= 0.6 is 0 Å². The molecular formula is C15H13N3O2S. The fourth-order valence-electron chi connectivity index (χ4n) is 2.08. The lowest BCUT2D eigenvalue weighted by Crippen LogP contribution is -2.11. The van der Waals surface area contributed by atoms with Crippen LogP contribution in [-0.2, 0) is 10.0 Å². The molecule has 0 amide bonds. The number of rotatable bonds is 3. The molecule has 3 N–H and O–H groups in total. The molecule has 5 nitrogen and oxygen atoms in total. The molecule has 0 saturated heterocycles. The third kappa shape index (κ3) is 2.86. The molecule has 0 unspecified atom stereocenters. The molecule has 2 aromatic carbocycles. The highest BCUT2D eigenvalue weighted by atomic mass is 32.2. The van der Waals surface area contributed by atoms with Crippen LogP contribution in [0.3, 0.4) is 0 Å². The summed E-state index contributed by atoms with van der Waals surface area (Å²) in [5.41, 5.74) is 0.742. The van der Waals surface area contributed by atoms with Crippen molar-refractivity contribution in [1.29, 1.82) is 0 Å². The molecule has 0 fully saturated rings. The molecule has 1 aromatic heterocycles. The molecule has 0 aliphatic heterocycles. The molecule has 0 aliphatic rings. The molecule has 0 radical (unpaired) electrons. The first-order valence-electron chi connectivity index (χ1n) is 6.28. The minimum atomic E-state index is -3.67. The van der Waals surface area contributed by atoms with E-state index in [1.165, 1.54) is 12.1 Å². The Balaban J connectivity index is 1.96. The van der Waals surface area contributed by atoms with Crippen LogP contribution in [0.5, 0.6) is 0 Å². The van der Waals surface area contributed by atoms with Gasteiger partial charge >= 0.3 is 0 Å². The van der Waals surface area contributed by atoms with E-state index in [0.29, 0.717) is 0 Å². The second kappa shape index (κ2) is 5.16. The van der Waals surface area contributed by atoms with Crippen molar-refractivity contribution in [2.45, 2.75) is 4.90 Å². The lowest BCUT2D eigenvalue weighted by Gasteiger charge is -2.09. The zero-order valence-corrected chi connectivity index (χ0v) is 11.8. The van der Waals surface area contributed by atoms with Gasteiger partial charge < -0.3 is 5.32 Å². The summed E-state index contributed by atoms with van der Waals surface area (Å²) in [5, 5.41) is 10.3. The van der Waals surface area contributed by atoms with Crippen molar-refractivity contribution in [3.63, 3.8) is 0 Å². The lowest BCUT2D eigenvalue weighted by molar-refractivity contribution is 0.598. The number of hydrogen-bond donors (Lipinski definition) is 2. The number of primary sulfonamides is 1. The molecule has 6 heteroatoms. The molecule has 0 aliphatic carbocycles. The van der Waals surface area contributed by atoms with Crippen molar-refractivity contribution < 1.29 is 8.42 Å². The summed E-state index contributed by atoms with van der Waals surface area (Å²) < 4.78 is 22.4. The predicted octanol–water partition coefficient (Wildman–Crippen LogP) is 2.63. The Morgan fingerprint density at radius 1 is 0.952 bits per heavy atom. The maximum Gasteiger partial charge on any atom is 0.238 e. The number of benzene rings is 2. The standard InChI is InChI=1S/C15H13N3O2S/c16-21(19,20)13-7-5-12(6-8-13)18-15-14-4-2-1-3-11(14)9-10-17-15/h1-10H,(H,17,18)(H2,16,19,20). The quantitative estimate of drug-likeness (QED) is 0.778. The number of sulfonamides is 1. The first-order chi connectivity index (χ1) is 10.0. The van der Waals surface area contributed by atoms with Crippen LogP contribution in [0.15, 0.2) is 65.7 Å². The minimum Gasteiger partial charge on any atom is -0.340 e. The molecule has 1 heterocycles. The number of pyridine rings is 1. The molecule has 3 rings (SSSR count). The zero-order chi connectivity index (χ0) is 14.9. The summed E-state index contributed by atoms with van der Waals surface area (Å²) in [6.45, 7) is 0. The first kappa shape index (κ1) is 13.5. The van der Waals surface area contributed by atoms with Crippen LogP contribution in [0.4, 0.5) is 11.5 Å². The van der Waals surface area contributed by atoms with Gasteiger partial charge in [-0.05, 0) is 35.7 Å². The van der Waals surface area contributed by atoms with Crippen LogP contribution < -0.4 is 10.5 Å². The van der Waals surface area contributed by atoms with Crippen molar-refractivity contribution >= 4 is 32.3 Å². The van der Waals surface area contributed by atoms with E-state index < -0.39 is 10.0 Å². The third-order valence-electron chi connectivity index (χ3n) is 3.12. The van der Waals surface area contributed by atoms with Gasteiger partial charge in [0.2, 0.25) is 10.0 Å². The number of nitrogens with zero attached hydrogens (tertiary/aromatic N) is 1. The van der Waals surface area contributed by atoms with Gasteiger partial charge in [0, 0.05) is 17.3 Å². The smallest absolute Gasteiger partial charge is 0.238 e. The highest BCUT2D eigenvalue weighted by Crippen LogP contribution is 2.24. The normalized spacial score (nSPS) is 11.5. The van der Waals surface area contributed by atoms with Crippen LogP contribution in [0.2, 0.25) is 0 Å². The van der Waals surface area contributed by atoms with Crippen LogP contribution in [0.1, 0.15) is 0 Å². The van der Waals surface area contributed by atoms with Crippen molar-refractivity contribution in [1.82, 2.24) is 4.98 Å². The number of hydrogen-bond acceptors (Lipinski definition) is 4. The van der Waals surface area contributed by atoms with Crippen molar-refractivity contribution in [2.75, 3.05) is 5.32 Å². The number of nitrogens with one attached hydrogen (secondary N) is 1. The summed E-state index contributed by atoms with van der Waals surface area (Å²) >= 11 is 0. The Morgan fingerprint density at radius 2 is 1.67 bits per heavy atom. The van der Waals surface area contributed by atoms with Gasteiger partial charge in [0.25, 0.3) is 0 Å². The predicted molar refractivity (Wildman–Crippen MR) is 82.8 cm³/mol. The van der Waals surface area contributed by atoms with Crippen molar-refractivity contribution in [2.24, 2.45) is 5.14 Å². The molecule has 3 aromatic rings. The second-order valence-electron chi connectivity index (χ2n) is 4.58. The summed E-state index contributed by atoms with van der Waals surface area (Å²) in [6.07, 6.45) is 1.73. The van der Waals surface area contributed by atoms with Crippen LogP contribution in [-0.4, -0.2) is 13.4 Å². The molecule has 0 bridgehead atoms. The Kier molecular flexibility index (Phi) is 3.32. The van der Waals surface area contributed by atoms with Gasteiger partial charge in [0.15, 0.2) is 0 Å². The highest BCUT2D eigenvalue weighted by Gasteiger charge is 2.07. The second-order valence-corrected chi connectivity index (χ2v) is 6.14. The molecular weight excluding hydrogens is 286 g/mol. The van der Waals surface area contributed by atoms with Crippen LogP contribution in [0, 0.1) is 0 Å². The Hall–Kier alpha value is -2.44. The highest BCUT2D eigenvalue weighted by molar-refractivity contribution is 7.89. The van der Waals surface area contributed by atoms with Crippen molar-refractivity contribution in [3.05, 3.63) is 60.8 Å². The topological polar surface area (TPSA) is 85.1 Å². The maximum absolute atomic E-state index is 11.2. The van der Waals surface area contributed by atoms with Gasteiger partial charge in [-0.3, -0.25) is 0 Å². The van der Waals surface area contributed by atoms with E-state index in [1.807, 2.05) is 30.3 Å². The summed E-state index contributed by atoms with van der Waals surface area (Å²) in [4.78, 5) is 4.40. The van der Waals surface area contributed by atoms with E-state index in [0.717, 1.165) is 22.3 Å². The Labute approximate surface area is 122 Å². The lowest BCUT2D eigenvalue weighted by atomic mass is 10.1. The Morgan fingerprint density at radius 3 is 2.38 bits per heavy atom. The molecule has 21 heavy (non-hydrogen) atoms. The van der Waals surface area contributed by atoms with Crippen LogP contribution in [0.25, 0.3) is 10.8 Å². The Bertz CT molecular complexity index is 885. The van der Waals surface area contributed by atoms with Gasteiger partial charge in [0.05, 0.1) is 4.90 Å². The average Bonchev–Trinajstić information content (AvgIpc) is 2.47. The fourth-order valence-corrected chi connectivity index (χ4v) is 2.60. The summed E-state index contributed by atoms with van der Waals surface area (Å²) in [5.74, 6) is 0.719. The maximum atomic E-state index is 11.2. The number of anilines is 2. The van der Waals surface area contributed by atoms with E-state index >= 15 is 0 Å². The van der Waals surface area contributed by atoms with Gasteiger partial charge in [-0.15, -0.1) is 0 Å².